The van der Waals surface area contributed by atoms with E-state index in [4.69, 9.17) is 10.8 Å². The van der Waals surface area contributed by atoms with E-state index in [9.17, 15) is 4.79 Å². The van der Waals surface area contributed by atoms with Crippen LogP contribution in [0.1, 0.15) is 15.9 Å². The molecule has 0 radical (unpaired) electrons. The molecule has 0 aromatic heterocycles. The van der Waals surface area contributed by atoms with E-state index in [1.165, 1.54) is 0 Å². The molecule has 0 atom stereocenters. The van der Waals surface area contributed by atoms with E-state index in [0.717, 1.165) is 5.56 Å². The van der Waals surface area contributed by atoms with Crippen molar-refractivity contribution in [2.24, 2.45) is 0 Å². The second-order valence-corrected chi connectivity index (χ2v) is 4.67. The first kappa shape index (κ1) is 15.0. The highest BCUT2D eigenvalue weighted by atomic mass is 16.3. The van der Waals surface area contributed by atoms with Gasteiger partial charge < -0.3 is 21.5 Å². The van der Waals surface area contributed by atoms with Crippen molar-refractivity contribution in [2.45, 2.75) is 6.54 Å². The Labute approximate surface area is 123 Å². The van der Waals surface area contributed by atoms with Crippen LogP contribution >= 0.6 is 0 Å². The Morgan fingerprint density at radius 3 is 2.33 bits per heavy atom. The van der Waals surface area contributed by atoms with Gasteiger partial charge in [-0.15, -0.1) is 0 Å². The number of nitrogens with one attached hydrogen (secondary N) is 2. The second kappa shape index (κ2) is 7.42. The lowest BCUT2D eigenvalue weighted by Gasteiger charge is -2.07. The minimum atomic E-state index is -0.158. The maximum Gasteiger partial charge on any atom is 0.255 e. The molecule has 0 aliphatic carbocycles. The molecule has 1 amide bonds. The average molecular weight is 285 g/mol. The molecule has 0 unspecified atom stereocenters. The van der Waals surface area contributed by atoms with Crippen LogP contribution in [0.4, 0.5) is 11.4 Å². The van der Waals surface area contributed by atoms with Gasteiger partial charge in [-0.2, -0.15) is 0 Å². The molecule has 0 aliphatic heterocycles. The van der Waals surface area contributed by atoms with Crippen LogP contribution in [-0.2, 0) is 6.54 Å². The van der Waals surface area contributed by atoms with E-state index in [1.807, 2.05) is 12.1 Å². The summed E-state index contributed by atoms with van der Waals surface area (Å²) in [6, 6.07) is 14.4. The second-order valence-electron chi connectivity index (χ2n) is 4.67. The number of amides is 1. The highest BCUT2D eigenvalue weighted by Gasteiger charge is 2.05. The molecule has 5 heteroatoms. The number of rotatable bonds is 6. The van der Waals surface area contributed by atoms with Crippen LogP contribution in [0.25, 0.3) is 0 Å². The van der Waals surface area contributed by atoms with Crippen LogP contribution in [0.3, 0.4) is 0 Å². The average Bonchev–Trinajstić information content (AvgIpc) is 2.50. The highest BCUT2D eigenvalue weighted by Crippen LogP contribution is 2.12. The molecule has 2 rings (SSSR count). The topological polar surface area (TPSA) is 87.4 Å². The van der Waals surface area contributed by atoms with E-state index in [2.05, 4.69) is 10.6 Å². The first-order valence-electron chi connectivity index (χ1n) is 6.76. The van der Waals surface area contributed by atoms with Gasteiger partial charge in [0, 0.05) is 30.0 Å². The summed E-state index contributed by atoms with van der Waals surface area (Å²) >= 11 is 0. The Balaban J connectivity index is 1.94. The largest absolute Gasteiger partial charge is 0.399 e. The molecule has 0 bridgehead atoms. The van der Waals surface area contributed by atoms with Crippen molar-refractivity contribution in [2.75, 3.05) is 24.2 Å². The lowest BCUT2D eigenvalue weighted by Crippen LogP contribution is -2.17. The number of aliphatic hydroxyl groups excluding tert-OH is 1. The summed E-state index contributed by atoms with van der Waals surface area (Å²) in [4.78, 5) is 12.1. The molecule has 21 heavy (non-hydrogen) atoms. The molecule has 0 saturated carbocycles. The van der Waals surface area contributed by atoms with E-state index in [0.29, 0.717) is 30.0 Å². The molecule has 5 N–H and O–H groups in total. The summed E-state index contributed by atoms with van der Waals surface area (Å²) < 4.78 is 0. The fraction of sp³-hybridized carbons (Fsp3) is 0.188. The van der Waals surface area contributed by atoms with Gasteiger partial charge in [-0.25, -0.2) is 0 Å². The van der Waals surface area contributed by atoms with Crippen molar-refractivity contribution in [3.8, 4) is 0 Å². The van der Waals surface area contributed by atoms with Crippen molar-refractivity contribution in [3.63, 3.8) is 0 Å². The minimum Gasteiger partial charge on any atom is -0.399 e. The zero-order chi connectivity index (χ0) is 15.1. The number of nitrogens with two attached hydrogens (primary N) is 1. The molecule has 110 valence electrons. The van der Waals surface area contributed by atoms with Gasteiger partial charge in [0.25, 0.3) is 5.91 Å². The summed E-state index contributed by atoms with van der Waals surface area (Å²) in [6.45, 7) is 1.34. The number of carbonyl (C=O) groups excluding carboxylic acids is 1. The zero-order valence-electron chi connectivity index (χ0n) is 11.7. The number of benzene rings is 2. The van der Waals surface area contributed by atoms with Crippen molar-refractivity contribution in [1.29, 1.82) is 0 Å². The van der Waals surface area contributed by atoms with Gasteiger partial charge in [0.15, 0.2) is 0 Å². The number of hydrogen-bond acceptors (Lipinski definition) is 4. The van der Waals surface area contributed by atoms with Gasteiger partial charge >= 0.3 is 0 Å². The number of aliphatic hydroxyl groups is 1. The third-order valence-corrected chi connectivity index (χ3v) is 3.00. The van der Waals surface area contributed by atoms with E-state index in [1.54, 1.807) is 36.4 Å². The molecule has 5 nitrogen and oxygen atoms in total. The van der Waals surface area contributed by atoms with Crippen LogP contribution < -0.4 is 16.4 Å². The Morgan fingerprint density at radius 1 is 1.05 bits per heavy atom. The van der Waals surface area contributed by atoms with Gasteiger partial charge in [-0.3, -0.25) is 4.79 Å². The van der Waals surface area contributed by atoms with Gasteiger partial charge in [0.2, 0.25) is 0 Å². The number of nitrogen functional groups attached to an aromatic ring is 1. The molecule has 0 fully saturated rings. The quantitative estimate of drug-likeness (QED) is 0.479. The molecular weight excluding hydrogens is 266 g/mol. The Morgan fingerprint density at radius 2 is 1.71 bits per heavy atom. The van der Waals surface area contributed by atoms with Crippen molar-refractivity contribution < 1.29 is 9.90 Å². The molecule has 2 aromatic carbocycles. The van der Waals surface area contributed by atoms with Crippen molar-refractivity contribution >= 4 is 17.3 Å². The smallest absolute Gasteiger partial charge is 0.255 e. The standard InChI is InChI=1S/C16H19N3O2/c17-14-5-7-15(8-6-14)19-16(21)13-3-1-12(2-4-13)11-18-9-10-20/h1-8,18,20H,9-11,17H2,(H,19,21). The molecule has 0 heterocycles. The Bertz CT molecular complexity index is 579. The Hall–Kier alpha value is -2.37. The normalized spacial score (nSPS) is 10.3. The van der Waals surface area contributed by atoms with Gasteiger partial charge in [0.05, 0.1) is 6.61 Å². The van der Waals surface area contributed by atoms with Crippen LogP contribution in [0.2, 0.25) is 0 Å². The zero-order valence-corrected chi connectivity index (χ0v) is 11.7. The van der Waals surface area contributed by atoms with Crippen LogP contribution in [0.15, 0.2) is 48.5 Å². The van der Waals surface area contributed by atoms with Crippen LogP contribution in [-0.4, -0.2) is 24.2 Å². The molecule has 0 spiro atoms. The molecule has 2 aromatic rings. The number of hydrogen-bond donors (Lipinski definition) is 4. The molecular formula is C16H19N3O2. The maximum absolute atomic E-state index is 12.1. The number of anilines is 2. The summed E-state index contributed by atoms with van der Waals surface area (Å²) in [5.74, 6) is -0.158. The van der Waals surface area contributed by atoms with E-state index >= 15 is 0 Å². The third kappa shape index (κ3) is 4.59. The first-order valence-corrected chi connectivity index (χ1v) is 6.76. The van der Waals surface area contributed by atoms with E-state index in [-0.39, 0.29) is 12.5 Å². The molecule has 0 aliphatic rings. The highest BCUT2D eigenvalue weighted by molar-refractivity contribution is 6.04. The lowest BCUT2D eigenvalue weighted by molar-refractivity contribution is 0.102. The van der Waals surface area contributed by atoms with Crippen LogP contribution in [0, 0.1) is 0 Å². The van der Waals surface area contributed by atoms with Gasteiger partial charge in [-0.1, -0.05) is 12.1 Å². The first-order chi connectivity index (χ1) is 10.2. The van der Waals surface area contributed by atoms with E-state index < -0.39 is 0 Å². The summed E-state index contributed by atoms with van der Waals surface area (Å²) in [7, 11) is 0. The summed E-state index contributed by atoms with van der Waals surface area (Å²) in [5.41, 5.74) is 8.63. The van der Waals surface area contributed by atoms with Gasteiger partial charge in [0.1, 0.15) is 0 Å². The fourth-order valence-corrected chi connectivity index (χ4v) is 1.86. The number of carbonyl (C=O) groups is 1. The maximum atomic E-state index is 12.1. The van der Waals surface area contributed by atoms with Crippen molar-refractivity contribution in [3.05, 3.63) is 59.7 Å². The lowest BCUT2D eigenvalue weighted by atomic mass is 10.1. The summed E-state index contributed by atoms with van der Waals surface area (Å²) in [6.07, 6.45) is 0. The third-order valence-electron chi connectivity index (χ3n) is 3.00. The minimum absolute atomic E-state index is 0.113. The van der Waals surface area contributed by atoms with Gasteiger partial charge in [-0.05, 0) is 42.0 Å². The fourth-order valence-electron chi connectivity index (χ4n) is 1.86. The predicted octanol–water partition coefficient (Wildman–Crippen LogP) is 1.60. The Kier molecular flexibility index (Phi) is 5.31. The predicted molar refractivity (Wildman–Crippen MR) is 84.0 cm³/mol. The van der Waals surface area contributed by atoms with Crippen molar-refractivity contribution in [1.82, 2.24) is 5.32 Å². The monoisotopic (exact) mass is 285 g/mol. The van der Waals surface area contributed by atoms with Crippen LogP contribution in [0.5, 0.6) is 0 Å². The summed E-state index contributed by atoms with van der Waals surface area (Å²) in [5, 5.41) is 14.6. The SMILES string of the molecule is Nc1ccc(NC(=O)c2ccc(CNCCO)cc2)cc1. The molecule has 0 saturated heterocycles.